The minimum atomic E-state index is -0.706. The van der Waals surface area contributed by atoms with E-state index < -0.39 is 5.97 Å². The van der Waals surface area contributed by atoms with E-state index in [9.17, 15) is 9.59 Å². The number of hydrogen-bond acceptors (Lipinski definition) is 2. The summed E-state index contributed by atoms with van der Waals surface area (Å²) in [6.45, 7) is 6.84. The summed E-state index contributed by atoms with van der Waals surface area (Å²) >= 11 is 0. The Hall–Kier alpha value is -1.32. The summed E-state index contributed by atoms with van der Waals surface area (Å²) in [5.41, 5.74) is 0.532. The zero-order valence-corrected chi connectivity index (χ0v) is 7.26. The number of nitrogens with one attached hydrogen (secondary N) is 1. The van der Waals surface area contributed by atoms with Crippen LogP contribution in [-0.4, -0.2) is 17.0 Å². The molecule has 2 N–H and O–H groups in total. The molecule has 0 aromatic rings. The van der Waals surface area contributed by atoms with E-state index in [1.54, 1.807) is 6.92 Å². The Balaban J connectivity index is 0.000000211. The molecule has 0 bridgehead atoms. The lowest BCUT2D eigenvalue weighted by molar-refractivity contribution is -0.141. The van der Waals surface area contributed by atoms with Gasteiger partial charge in [0, 0.05) is 0 Å². The summed E-state index contributed by atoms with van der Waals surface area (Å²) < 4.78 is 0. The van der Waals surface area contributed by atoms with Gasteiger partial charge < -0.3 is 10.4 Å². The Morgan fingerprint density at radius 3 is 2.08 bits per heavy atom. The topological polar surface area (TPSA) is 76.3 Å². The monoisotopic (exact) mass is 171 g/mol. The largest absolute Gasteiger partial charge is 0.481 e. The zero-order valence-electron chi connectivity index (χ0n) is 7.26. The second kappa shape index (κ2) is 4.54. The lowest BCUT2D eigenvalue weighted by Gasteiger charge is -1.96. The van der Waals surface area contributed by atoms with Gasteiger partial charge in [-0.25, -0.2) is 0 Å². The highest BCUT2D eigenvalue weighted by atomic mass is 16.4. The van der Waals surface area contributed by atoms with E-state index in [0.29, 0.717) is 5.70 Å². The van der Waals surface area contributed by atoms with Crippen LogP contribution >= 0.6 is 0 Å². The maximum Gasteiger partial charge on any atom is 0.306 e. The third-order valence-electron chi connectivity index (χ3n) is 1.51. The molecule has 1 heterocycles. The van der Waals surface area contributed by atoms with Gasteiger partial charge in [-0.3, -0.25) is 9.59 Å². The van der Waals surface area contributed by atoms with Gasteiger partial charge in [0.2, 0.25) is 0 Å². The van der Waals surface area contributed by atoms with Crippen LogP contribution in [0.1, 0.15) is 20.3 Å². The van der Waals surface area contributed by atoms with Crippen molar-refractivity contribution in [2.45, 2.75) is 20.3 Å². The van der Waals surface area contributed by atoms with Crippen LogP contribution in [0.3, 0.4) is 0 Å². The predicted octanol–water partition coefficient (Wildman–Crippen LogP) is 0.747. The molecule has 0 aromatic carbocycles. The van der Waals surface area contributed by atoms with E-state index in [1.807, 2.05) is 6.92 Å². The van der Waals surface area contributed by atoms with Crippen molar-refractivity contribution in [3.8, 4) is 0 Å². The number of carbonyl (C=O) groups excluding carboxylic acids is 1. The summed E-state index contributed by atoms with van der Waals surface area (Å²) in [5.74, 6) is -0.910. The van der Waals surface area contributed by atoms with Crippen molar-refractivity contribution in [2.75, 3.05) is 0 Å². The van der Waals surface area contributed by atoms with Gasteiger partial charge in [0.1, 0.15) is 0 Å². The highest BCUT2D eigenvalue weighted by Crippen LogP contribution is 1.97. The molecule has 0 saturated carbocycles. The van der Waals surface area contributed by atoms with Crippen LogP contribution in [0.4, 0.5) is 0 Å². The third kappa shape index (κ3) is 4.49. The second-order valence-electron chi connectivity index (χ2n) is 2.58. The number of carboxylic acids is 1. The molecule has 1 amide bonds. The molecule has 0 aliphatic carbocycles. The number of carboxylic acid groups (broad SMARTS) is 1. The second-order valence-corrected chi connectivity index (χ2v) is 2.58. The van der Waals surface area contributed by atoms with Gasteiger partial charge in [-0.1, -0.05) is 20.4 Å². The molecule has 1 fully saturated rings. The summed E-state index contributed by atoms with van der Waals surface area (Å²) in [4.78, 5) is 19.6. The average Bonchev–Trinajstić information content (AvgIpc) is 2.64. The Kier molecular flexibility index (Phi) is 4.04. The average molecular weight is 171 g/mol. The summed E-state index contributed by atoms with van der Waals surface area (Å²) in [6, 6.07) is 0. The molecule has 1 aliphatic rings. The third-order valence-corrected chi connectivity index (χ3v) is 1.51. The highest BCUT2D eigenvalue weighted by Gasteiger charge is 2.20. The van der Waals surface area contributed by atoms with Crippen LogP contribution in [0.15, 0.2) is 12.3 Å². The van der Waals surface area contributed by atoms with Crippen molar-refractivity contribution >= 4 is 11.9 Å². The van der Waals surface area contributed by atoms with Gasteiger partial charge in [0.25, 0.3) is 5.91 Å². The lowest BCUT2D eigenvalue weighted by Crippen LogP contribution is -2.06. The number of aliphatic carboxylic acids is 1. The van der Waals surface area contributed by atoms with Crippen LogP contribution in [-0.2, 0) is 9.59 Å². The lowest BCUT2D eigenvalue weighted by atomic mass is 10.1. The minimum absolute atomic E-state index is 0.0231. The first kappa shape index (κ1) is 10.7. The smallest absolute Gasteiger partial charge is 0.306 e. The van der Waals surface area contributed by atoms with E-state index in [4.69, 9.17) is 5.11 Å². The van der Waals surface area contributed by atoms with Crippen LogP contribution in [0, 0.1) is 5.92 Å². The molecule has 1 saturated heterocycles. The SMILES string of the molecule is C=C1NC1=O.CCC(C)C(=O)O. The van der Waals surface area contributed by atoms with E-state index in [2.05, 4.69) is 11.9 Å². The maximum atomic E-state index is 9.93. The molecule has 1 unspecified atom stereocenters. The van der Waals surface area contributed by atoms with E-state index >= 15 is 0 Å². The number of carbonyl (C=O) groups is 2. The standard InChI is InChI=1S/C5H10O2.C3H3NO/c1-3-4(2)5(6)7;1-2-3(5)4-2/h4H,3H2,1-2H3,(H,6,7);1H2,(H,4,5). The van der Waals surface area contributed by atoms with Gasteiger partial charge in [0.15, 0.2) is 0 Å². The van der Waals surface area contributed by atoms with Gasteiger partial charge in [-0.05, 0) is 6.42 Å². The Morgan fingerprint density at radius 2 is 2.08 bits per heavy atom. The van der Waals surface area contributed by atoms with Crippen molar-refractivity contribution in [2.24, 2.45) is 5.92 Å². The fraction of sp³-hybridized carbons (Fsp3) is 0.500. The van der Waals surface area contributed by atoms with Crippen molar-refractivity contribution in [1.29, 1.82) is 0 Å². The summed E-state index contributed by atoms with van der Waals surface area (Å²) in [6.07, 6.45) is 0.718. The van der Waals surface area contributed by atoms with Crippen molar-refractivity contribution in [1.82, 2.24) is 5.32 Å². The van der Waals surface area contributed by atoms with Crippen LogP contribution in [0.25, 0.3) is 0 Å². The first-order valence-electron chi connectivity index (χ1n) is 3.72. The normalized spacial score (nSPS) is 15.5. The maximum absolute atomic E-state index is 9.93. The van der Waals surface area contributed by atoms with E-state index in [0.717, 1.165) is 6.42 Å². The molecule has 1 rings (SSSR count). The highest BCUT2D eigenvalue weighted by molar-refractivity contribution is 6.09. The fourth-order valence-corrected chi connectivity index (χ4v) is 0.280. The molecular formula is C8H13NO3. The number of rotatable bonds is 2. The Morgan fingerprint density at radius 1 is 1.75 bits per heavy atom. The van der Waals surface area contributed by atoms with E-state index in [1.165, 1.54) is 0 Å². The van der Waals surface area contributed by atoms with Crippen molar-refractivity contribution in [3.63, 3.8) is 0 Å². The summed E-state index contributed by atoms with van der Waals surface area (Å²) in [7, 11) is 0. The fourth-order valence-electron chi connectivity index (χ4n) is 0.280. The van der Waals surface area contributed by atoms with Crippen LogP contribution < -0.4 is 5.32 Å². The molecule has 4 heteroatoms. The molecule has 0 spiro atoms. The first-order chi connectivity index (χ1) is 5.49. The molecule has 1 aliphatic heterocycles. The number of amides is 1. The first-order valence-corrected chi connectivity index (χ1v) is 3.72. The van der Waals surface area contributed by atoms with Crippen LogP contribution in [0.5, 0.6) is 0 Å². The molecule has 4 nitrogen and oxygen atoms in total. The molecule has 0 radical (unpaired) electrons. The van der Waals surface area contributed by atoms with E-state index in [-0.39, 0.29) is 11.8 Å². The number of hydrogen-bond donors (Lipinski definition) is 2. The predicted molar refractivity (Wildman–Crippen MR) is 44.4 cm³/mol. The molecule has 0 aromatic heterocycles. The molecule has 12 heavy (non-hydrogen) atoms. The van der Waals surface area contributed by atoms with Crippen molar-refractivity contribution < 1.29 is 14.7 Å². The molecule has 1 atom stereocenters. The van der Waals surface area contributed by atoms with Gasteiger partial charge >= 0.3 is 5.97 Å². The Bertz CT molecular complexity index is 198. The summed E-state index contributed by atoms with van der Waals surface area (Å²) in [5, 5.41) is 10.5. The minimum Gasteiger partial charge on any atom is -0.481 e. The van der Waals surface area contributed by atoms with Crippen molar-refractivity contribution in [3.05, 3.63) is 12.3 Å². The van der Waals surface area contributed by atoms with Crippen LogP contribution in [0.2, 0.25) is 0 Å². The van der Waals surface area contributed by atoms with Gasteiger partial charge in [-0.2, -0.15) is 0 Å². The zero-order chi connectivity index (χ0) is 9.72. The molecule has 68 valence electrons. The van der Waals surface area contributed by atoms with Gasteiger partial charge in [0.05, 0.1) is 11.6 Å². The van der Waals surface area contributed by atoms with Gasteiger partial charge in [-0.15, -0.1) is 0 Å². The quantitative estimate of drug-likeness (QED) is 0.475. The molecular weight excluding hydrogens is 158 g/mol. The Labute approximate surface area is 71.3 Å².